The smallest absolute Gasteiger partial charge is 0.159 e. The average Bonchev–Trinajstić information content (AvgIpc) is 2.46. The van der Waals surface area contributed by atoms with E-state index in [-0.39, 0.29) is 5.78 Å². The fraction of sp³-hybridized carbons (Fsp3) is 0.0588. The number of hydrogen-bond acceptors (Lipinski definition) is 2. The van der Waals surface area contributed by atoms with E-state index in [0.717, 1.165) is 15.7 Å². The molecule has 2 rings (SSSR count). The molecule has 0 aromatic heterocycles. The molecule has 0 atom stereocenters. The van der Waals surface area contributed by atoms with E-state index < -0.39 is 0 Å². The molecule has 0 fully saturated rings. The van der Waals surface area contributed by atoms with Gasteiger partial charge in [-0.25, -0.2) is 0 Å². The van der Waals surface area contributed by atoms with Crippen LogP contribution in [0, 0.1) is 0 Å². The fourth-order valence-electron chi connectivity index (χ4n) is 1.69. The molecule has 100 valence electrons. The van der Waals surface area contributed by atoms with Gasteiger partial charge in [0.1, 0.15) is 0 Å². The minimum absolute atomic E-state index is 0.0425. The van der Waals surface area contributed by atoms with Gasteiger partial charge in [0.25, 0.3) is 0 Å². The maximum atomic E-state index is 11.3. The lowest BCUT2D eigenvalue weighted by atomic mass is 10.1. The average molecular weight is 328 g/mol. The third kappa shape index (κ3) is 4.28. The van der Waals surface area contributed by atoms with Crippen molar-refractivity contribution in [2.75, 3.05) is 0 Å². The van der Waals surface area contributed by atoms with Crippen LogP contribution in [0.25, 0.3) is 6.08 Å². The minimum Gasteiger partial charge on any atom is -0.295 e. The van der Waals surface area contributed by atoms with Crippen LogP contribution in [0.3, 0.4) is 0 Å². The van der Waals surface area contributed by atoms with Gasteiger partial charge >= 0.3 is 0 Å². The predicted molar refractivity (Wildman–Crippen MR) is 87.9 cm³/mol. The molecular weight excluding hydrogens is 314 g/mol. The summed E-state index contributed by atoms with van der Waals surface area (Å²) in [5.74, 6) is 0.0425. The lowest BCUT2D eigenvalue weighted by molar-refractivity contribution is 0.101. The Labute approximate surface area is 127 Å². The van der Waals surface area contributed by atoms with Crippen molar-refractivity contribution in [1.29, 1.82) is 0 Å². The van der Waals surface area contributed by atoms with Gasteiger partial charge in [0.2, 0.25) is 0 Å². The number of benzene rings is 2. The number of rotatable bonds is 4. The van der Waals surface area contributed by atoms with Crippen molar-refractivity contribution >= 4 is 39.7 Å². The van der Waals surface area contributed by atoms with E-state index in [1.165, 1.54) is 0 Å². The predicted octanol–water partition coefficient (Wildman–Crippen LogP) is 5.03. The van der Waals surface area contributed by atoms with Crippen molar-refractivity contribution in [3.05, 3.63) is 70.2 Å². The molecule has 2 aromatic rings. The minimum atomic E-state index is 0.0425. The van der Waals surface area contributed by atoms with Gasteiger partial charge in [0.15, 0.2) is 5.78 Å². The van der Waals surface area contributed by atoms with Crippen LogP contribution in [-0.2, 0) is 0 Å². The largest absolute Gasteiger partial charge is 0.295 e. The molecule has 2 aromatic carbocycles. The number of Topliss-reactive ketones (excluding diaryl/α,β-unsaturated/α-hetero) is 1. The summed E-state index contributed by atoms with van der Waals surface area (Å²) in [7, 11) is 0. The van der Waals surface area contributed by atoms with Crippen LogP contribution >= 0.6 is 15.9 Å². The van der Waals surface area contributed by atoms with E-state index in [2.05, 4.69) is 20.9 Å². The molecule has 0 saturated heterocycles. The summed E-state index contributed by atoms with van der Waals surface area (Å²) in [4.78, 5) is 15.7. The van der Waals surface area contributed by atoms with Crippen molar-refractivity contribution in [1.82, 2.24) is 0 Å². The quantitative estimate of drug-likeness (QED) is 0.572. The SMILES string of the molecule is CC(=O)c1cccc(N=C/C(Br)=C\c2ccccc2)c1. The molecule has 0 aliphatic heterocycles. The van der Waals surface area contributed by atoms with Gasteiger partial charge in [-0.05, 0) is 46.6 Å². The molecule has 0 aliphatic carbocycles. The lowest BCUT2D eigenvalue weighted by Gasteiger charge is -1.97. The molecule has 0 saturated carbocycles. The van der Waals surface area contributed by atoms with Crippen molar-refractivity contribution in [2.24, 2.45) is 4.99 Å². The Balaban J connectivity index is 2.15. The Bertz CT molecular complexity index is 660. The van der Waals surface area contributed by atoms with Gasteiger partial charge in [0.05, 0.1) is 5.69 Å². The number of hydrogen-bond donors (Lipinski definition) is 0. The first kappa shape index (κ1) is 14.4. The highest BCUT2D eigenvalue weighted by atomic mass is 79.9. The molecule has 0 heterocycles. The molecule has 2 nitrogen and oxygen atoms in total. The maximum absolute atomic E-state index is 11.3. The zero-order valence-electron chi connectivity index (χ0n) is 11.1. The second-order valence-corrected chi connectivity index (χ2v) is 5.22. The van der Waals surface area contributed by atoms with Crippen LogP contribution in [0.2, 0.25) is 0 Å². The summed E-state index contributed by atoms with van der Waals surface area (Å²) in [5, 5.41) is 0. The fourth-order valence-corrected chi connectivity index (χ4v) is 2.05. The first-order valence-corrected chi connectivity index (χ1v) is 7.02. The first-order valence-electron chi connectivity index (χ1n) is 6.22. The van der Waals surface area contributed by atoms with E-state index in [4.69, 9.17) is 0 Å². The zero-order chi connectivity index (χ0) is 14.4. The molecule has 0 spiro atoms. The molecule has 0 radical (unpaired) electrons. The highest BCUT2D eigenvalue weighted by Gasteiger charge is 1.98. The summed E-state index contributed by atoms with van der Waals surface area (Å²) >= 11 is 3.46. The highest BCUT2D eigenvalue weighted by Crippen LogP contribution is 2.16. The summed E-state index contributed by atoms with van der Waals surface area (Å²) in [5.41, 5.74) is 2.53. The monoisotopic (exact) mass is 327 g/mol. The second kappa shape index (κ2) is 6.96. The third-order valence-corrected chi connectivity index (χ3v) is 3.13. The van der Waals surface area contributed by atoms with E-state index in [1.807, 2.05) is 48.5 Å². The summed E-state index contributed by atoms with van der Waals surface area (Å²) in [6.45, 7) is 1.55. The van der Waals surface area contributed by atoms with Crippen LogP contribution in [0.4, 0.5) is 5.69 Å². The van der Waals surface area contributed by atoms with Crippen LogP contribution in [-0.4, -0.2) is 12.0 Å². The second-order valence-electron chi connectivity index (χ2n) is 4.30. The Hall–Kier alpha value is -2.00. The number of allylic oxidation sites excluding steroid dienone is 1. The van der Waals surface area contributed by atoms with E-state index in [9.17, 15) is 4.79 Å². The van der Waals surface area contributed by atoms with Gasteiger partial charge in [-0.15, -0.1) is 0 Å². The summed E-state index contributed by atoms with van der Waals surface area (Å²) in [6, 6.07) is 17.3. The van der Waals surface area contributed by atoms with Crippen LogP contribution in [0.1, 0.15) is 22.8 Å². The van der Waals surface area contributed by atoms with Gasteiger partial charge in [0, 0.05) is 16.3 Å². The number of nitrogens with zero attached hydrogens (tertiary/aromatic N) is 1. The van der Waals surface area contributed by atoms with Crippen molar-refractivity contribution in [3.63, 3.8) is 0 Å². The lowest BCUT2D eigenvalue weighted by Crippen LogP contribution is -1.89. The third-order valence-electron chi connectivity index (χ3n) is 2.69. The molecule has 3 heteroatoms. The Morgan fingerprint density at radius 1 is 1.10 bits per heavy atom. The van der Waals surface area contributed by atoms with Gasteiger partial charge in [-0.2, -0.15) is 0 Å². The Kier molecular flexibility index (Phi) is 5.02. The van der Waals surface area contributed by atoms with Crippen LogP contribution in [0.5, 0.6) is 0 Å². The van der Waals surface area contributed by atoms with Gasteiger partial charge in [-0.1, -0.05) is 42.5 Å². The number of carbonyl (C=O) groups excluding carboxylic acids is 1. The molecule has 20 heavy (non-hydrogen) atoms. The van der Waals surface area contributed by atoms with Crippen LogP contribution < -0.4 is 0 Å². The van der Waals surface area contributed by atoms with Gasteiger partial charge in [-0.3, -0.25) is 9.79 Å². The topological polar surface area (TPSA) is 29.4 Å². The van der Waals surface area contributed by atoms with Crippen molar-refractivity contribution < 1.29 is 4.79 Å². The number of aliphatic imine (C=N–C) groups is 1. The van der Waals surface area contributed by atoms with Crippen molar-refractivity contribution in [3.8, 4) is 0 Å². The molecule has 0 amide bonds. The highest BCUT2D eigenvalue weighted by molar-refractivity contribution is 9.12. The Morgan fingerprint density at radius 2 is 1.85 bits per heavy atom. The normalized spacial score (nSPS) is 11.8. The number of carbonyl (C=O) groups is 1. The summed E-state index contributed by atoms with van der Waals surface area (Å²) < 4.78 is 0.872. The van der Waals surface area contributed by atoms with Crippen molar-refractivity contribution in [2.45, 2.75) is 6.92 Å². The standard InChI is InChI=1S/C17H14BrNO/c1-13(20)15-8-5-9-17(11-15)19-12-16(18)10-14-6-3-2-4-7-14/h2-12H,1H3/b16-10+,19-12?. The van der Waals surface area contributed by atoms with Crippen LogP contribution in [0.15, 0.2) is 64.1 Å². The summed E-state index contributed by atoms with van der Waals surface area (Å²) in [6.07, 6.45) is 3.71. The molecule has 0 N–H and O–H groups in total. The van der Waals surface area contributed by atoms with E-state index >= 15 is 0 Å². The zero-order valence-corrected chi connectivity index (χ0v) is 12.7. The molecule has 0 aliphatic rings. The van der Waals surface area contributed by atoms with E-state index in [0.29, 0.717) is 5.56 Å². The molecular formula is C17H14BrNO. The Morgan fingerprint density at radius 3 is 2.55 bits per heavy atom. The number of ketones is 1. The molecule has 0 unspecified atom stereocenters. The molecule has 0 bridgehead atoms. The van der Waals surface area contributed by atoms with Gasteiger partial charge < -0.3 is 0 Å². The first-order chi connectivity index (χ1) is 9.65. The number of halogens is 1. The maximum Gasteiger partial charge on any atom is 0.159 e. The van der Waals surface area contributed by atoms with E-state index in [1.54, 1.807) is 25.3 Å².